The van der Waals surface area contributed by atoms with Gasteiger partial charge < -0.3 is 10.0 Å². The normalized spacial score (nSPS) is 12.2. The van der Waals surface area contributed by atoms with Crippen molar-refractivity contribution in [2.45, 2.75) is 23.5 Å². The van der Waals surface area contributed by atoms with Crippen molar-refractivity contribution in [3.8, 4) is 0 Å². The Bertz CT molecular complexity index is 383. The Kier molecular flexibility index (Phi) is 6.54. The molecule has 1 amide bonds. The van der Waals surface area contributed by atoms with Crippen LogP contribution in [-0.2, 0) is 4.79 Å². The van der Waals surface area contributed by atoms with Crippen LogP contribution in [0.4, 0.5) is 0 Å². The number of benzene rings is 1. The molecule has 1 atom stereocenters. The van der Waals surface area contributed by atoms with Crippen molar-refractivity contribution in [3.05, 3.63) is 29.3 Å². The quantitative estimate of drug-likeness (QED) is 0.818. The Balaban J connectivity index is 2.51. The van der Waals surface area contributed by atoms with E-state index in [1.165, 1.54) is 11.8 Å². The first-order chi connectivity index (χ1) is 8.54. The molecule has 18 heavy (non-hydrogen) atoms. The van der Waals surface area contributed by atoms with Crippen LogP contribution < -0.4 is 0 Å². The lowest BCUT2D eigenvalue weighted by Gasteiger charge is -2.20. The number of halogens is 1. The number of hydrogen-bond donors (Lipinski definition) is 1. The fourth-order valence-corrected chi connectivity index (χ4v) is 2.60. The van der Waals surface area contributed by atoms with E-state index in [0.717, 1.165) is 4.90 Å². The third kappa shape index (κ3) is 4.88. The fraction of sp³-hybridized carbons (Fsp3) is 0.462. The molecule has 1 aromatic rings. The van der Waals surface area contributed by atoms with Crippen LogP contribution in [0.3, 0.4) is 0 Å². The summed E-state index contributed by atoms with van der Waals surface area (Å²) in [6, 6.07) is 7.45. The summed E-state index contributed by atoms with van der Waals surface area (Å²) in [5.41, 5.74) is 0. The zero-order valence-corrected chi connectivity index (χ0v) is 12.2. The van der Waals surface area contributed by atoms with Crippen molar-refractivity contribution >= 4 is 29.3 Å². The first kappa shape index (κ1) is 15.3. The van der Waals surface area contributed by atoms with E-state index >= 15 is 0 Å². The number of rotatable bonds is 6. The highest BCUT2D eigenvalue weighted by molar-refractivity contribution is 8.00. The molecule has 5 heteroatoms. The third-order valence-corrected chi connectivity index (χ3v) is 3.85. The van der Waals surface area contributed by atoms with E-state index in [1.54, 1.807) is 11.9 Å². The summed E-state index contributed by atoms with van der Waals surface area (Å²) in [7, 11) is 1.76. The molecule has 0 aliphatic carbocycles. The first-order valence-electron chi connectivity index (χ1n) is 5.82. The predicted molar refractivity (Wildman–Crippen MR) is 76.1 cm³/mol. The monoisotopic (exact) mass is 287 g/mol. The second-order valence-electron chi connectivity index (χ2n) is 4.05. The van der Waals surface area contributed by atoms with Gasteiger partial charge in [0.15, 0.2) is 0 Å². The van der Waals surface area contributed by atoms with E-state index in [9.17, 15) is 4.79 Å². The minimum absolute atomic E-state index is 0.0726. The average Bonchev–Trinajstić information content (AvgIpc) is 2.37. The number of carbonyl (C=O) groups excluding carboxylic acids is 1. The second kappa shape index (κ2) is 7.67. The van der Waals surface area contributed by atoms with Crippen molar-refractivity contribution in [2.24, 2.45) is 0 Å². The minimum Gasteiger partial charge on any atom is -0.396 e. The van der Waals surface area contributed by atoms with Gasteiger partial charge in [0.05, 0.1) is 5.25 Å². The molecule has 0 fully saturated rings. The highest BCUT2D eigenvalue weighted by Gasteiger charge is 2.18. The molecular weight excluding hydrogens is 270 g/mol. The summed E-state index contributed by atoms with van der Waals surface area (Å²) in [5.74, 6) is 0.0726. The lowest BCUT2D eigenvalue weighted by Crippen LogP contribution is -2.34. The van der Waals surface area contributed by atoms with Gasteiger partial charge in [0.1, 0.15) is 0 Å². The second-order valence-corrected chi connectivity index (χ2v) is 5.90. The lowest BCUT2D eigenvalue weighted by molar-refractivity contribution is -0.129. The number of hydrogen-bond acceptors (Lipinski definition) is 3. The van der Waals surface area contributed by atoms with Crippen LogP contribution in [0.15, 0.2) is 29.2 Å². The van der Waals surface area contributed by atoms with Crippen molar-refractivity contribution in [2.75, 3.05) is 20.2 Å². The maximum absolute atomic E-state index is 12.0. The zero-order valence-electron chi connectivity index (χ0n) is 10.6. The molecule has 0 aromatic heterocycles. The summed E-state index contributed by atoms with van der Waals surface area (Å²) < 4.78 is 0. The molecule has 0 spiro atoms. The maximum Gasteiger partial charge on any atom is 0.235 e. The topological polar surface area (TPSA) is 40.5 Å². The molecule has 1 aromatic carbocycles. The number of thioether (sulfide) groups is 1. The Labute approximate surface area is 117 Å². The summed E-state index contributed by atoms with van der Waals surface area (Å²) in [4.78, 5) is 14.7. The van der Waals surface area contributed by atoms with Crippen LogP contribution in [-0.4, -0.2) is 41.4 Å². The molecule has 0 aliphatic heterocycles. The molecule has 0 aliphatic rings. The number of aliphatic hydroxyl groups excluding tert-OH is 1. The van der Waals surface area contributed by atoms with Crippen molar-refractivity contribution in [1.29, 1.82) is 0 Å². The summed E-state index contributed by atoms with van der Waals surface area (Å²) >= 11 is 7.32. The van der Waals surface area contributed by atoms with E-state index in [4.69, 9.17) is 16.7 Å². The molecule has 100 valence electrons. The van der Waals surface area contributed by atoms with Crippen LogP contribution in [0.5, 0.6) is 0 Å². The van der Waals surface area contributed by atoms with Crippen LogP contribution in [0, 0.1) is 0 Å². The first-order valence-corrected chi connectivity index (χ1v) is 7.08. The molecule has 0 heterocycles. The van der Waals surface area contributed by atoms with Gasteiger partial charge in [-0.2, -0.15) is 0 Å². The fourth-order valence-electron chi connectivity index (χ4n) is 1.50. The molecule has 3 nitrogen and oxygen atoms in total. The highest BCUT2D eigenvalue weighted by atomic mass is 35.5. The Morgan fingerprint density at radius 3 is 2.61 bits per heavy atom. The molecule has 0 saturated heterocycles. The number of carbonyl (C=O) groups is 1. The summed E-state index contributed by atoms with van der Waals surface area (Å²) in [5, 5.41) is 9.29. The third-order valence-electron chi connectivity index (χ3n) is 2.50. The molecular formula is C13H18ClNO2S. The van der Waals surface area contributed by atoms with Gasteiger partial charge >= 0.3 is 0 Å². The van der Waals surface area contributed by atoms with Gasteiger partial charge in [-0.3, -0.25) is 4.79 Å². The number of aliphatic hydroxyl groups is 1. The SMILES string of the molecule is CC(Sc1ccc(Cl)cc1)C(=O)N(C)CCCO. The van der Waals surface area contributed by atoms with Gasteiger partial charge in [-0.1, -0.05) is 11.6 Å². The number of amides is 1. The standard InChI is InChI=1S/C13H18ClNO2S/c1-10(13(17)15(2)8-3-9-16)18-12-6-4-11(14)5-7-12/h4-7,10,16H,3,8-9H2,1-2H3. The lowest BCUT2D eigenvalue weighted by atomic mass is 10.3. The van der Waals surface area contributed by atoms with E-state index < -0.39 is 0 Å². The average molecular weight is 288 g/mol. The summed E-state index contributed by atoms with van der Waals surface area (Å²) in [6.07, 6.45) is 0.612. The molecule has 1 N–H and O–H groups in total. The van der Waals surface area contributed by atoms with Crippen LogP contribution >= 0.6 is 23.4 Å². The van der Waals surface area contributed by atoms with E-state index in [-0.39, 0.29) is 17.8 Å². The molecule has 0 bridgehead atoms. The van der Waals surface area contributed by atoms with Crippen LogP contribution in [0.2, 0.25) is 5.02 Å². The summed E-state index contributed by atoms with van der Waals surface area (Å²) in [6.45, 7) is 2.58. The van der Waals surface area contributed by atoms with E-state index in [2.05, 4.69) is 0 Å². The Morgan fingerprint density at radius 2 is 2.06 bits per heavy atom. The van der Waals surface area contributed by atoms with Crippen LogP contribution in [0.25, 0.3) is 0 Å². The molecule has 1 rings (SSSR count). The van der Waals surface area contributed by atoms with Crippen molar-refractivity contribution in [1.82, 2.24) is 4.90 Å². The van der Waals surface area contributed by atoms with Crippen molar-refractivity contribution in [3.63, 3.8) is 0 Å². The minimum atomic E-state index is -0.144. The molecule has 0 saturated carbocycles. The smallest absolute Gasteiger partial charge is 0.235 e. The molecule has 1 unspecified atom stereocenters. The Hall–Kier alpha value is -0.710. The highest BCUT2D eigenvalue weighted by Crippen LogP contribution is 2.25. The predicted octanol–water partition coefficient (Wildman–Crippen LogP) is 2.66. The maximum atomic E-state index is 12.0. The molecule has 0 radical (unpaired) electrons. The van der Waals surface area contributed by atoms with Gasteiger partial charge in [0.25, 0.3) is 0 Å². The van der Waals surface area contributed by atoms with Gasteiger partial charge in [-0.05, 0) is 37.6 Å². The van der Waals surface area contributed by atoms with Crippen molar-refractivity contribution < 1.29 is 9.90 Å². The zero-order chi connectivity index (χ0) is 13.5. The Morgan fingerprint density at radius 1 is 1.44 bits per heavy atom. The van der Waals surface area contributed by atoms with Gasteiger partial charge in [-0.15, -0.1) is 11.8 Å². The van der Waals surface area contributed by atoms with Gasteiger partial charge in [-0.25, -0.2) is 0 Å². The van der Waals surface area contributed by atoms with Gasteiger partial charge in [0, 0.05) is 30.1 Å². The van der Waals surface area contributed by atoms with E-state index in [0.29, 0.717) is 18.0 Å². The van der Waals surface area contributed by atoms with Gasteiger partial charge in [0.2, 0.25) is 5.91 Å². The van der Waals surface area contributed by atoms with E-state index in [1.807, 2.05) is 31.2 Å². The largest absolute Gasteiger partial charge is 0.396 e. The van der Waals surface area contributed by atoms with Crippen LogP contribution in [0.1, 0.15) is 13.3 Å². The number of nitrogens with zero attached hydrogens (tertiary/aromatic N) is 1.